The van der Waals surface area contributed by atoms with Gasteiger partial charge in [0.15, 0.2) is 17.5 Å². The summed E-state index contributed by atoms with van der Waals surface area (Å²) in [4.78, 5) is 10.3. The van der Waals surface area contributed by atoms with E-state index < -0.39 is 0 Å². The Morgan fingerprint density at radius 1 is 1.23 bits per heavy atom. The predicted molar refractivity (Wildman–Crippen MR) is 111 cm³/mol. The Morgan fingerprint density at radius 3 is 2.58 bits per heavy atom. The predicted octanol–water partition coefficient (Wildman–Crippen LogP) is 3.53. The molecular weight excluding hydrogens is 416 g/mol. The van der Waals surface area contributed by atoms with Crippen molar-refractivity contribution in [3.8, 4) is 11.5 Å². The van der Waals surface area contributed by atoms with Gasteiger partial charge in [-0.1, -0.05) is 15.9 Å². The third kappa shape index (κ3) is 5.88. The van der Waals surface area contributed by atoms with Gasteiger partial charge in [0, 0.05) is 35.1 Å². The Labute approximate surface area is 167 Å². The largest absolute Gasteiger partial charge is 0.493 e. The van der Waals surface area contributed by atoms with E-state index in [0.29, 0.717) is 18.0 Å². The zero-order valence-electron chi connectivity index (χ0n) is 15.6. The smallest absolute Gasteiger partial charge is 0.191 e. The fraction of sp³-hybridized carbons (Fsp3) is 0.444. The fourth-order valence-corrected chi connectivity index (χ4v) is 3.56. The summed E-state index contributed by atoms with van der Waals surface area (Å²) < 4.78 is 11.6. The van der Waals surface area contributed by atoms with Crippen molar-refractivity contribution in [3.63, 3.8) is 0 Å². The molecule has 0 amide bonds. The van der Waals surface area contributed by atoms with Crippen LogP contribution in [0.2, 0.25) is 0 Å². The molecule has 0 spiro atoms. The molecule has 1 aromatic heterocycles. The molecule has 2 rings (SSSR count). The lowest BCUT2D eigenvalue weighted by Gasteiger charge is -2.13. The van der Waals surface area contributed by atoms with Crippen molar-refractivity contribution in [2.45, 2.75) is 26.8 Å². The third-order valence-electron chi connectivity index (χ3n) is 3.60. The summed E-state index contributed by atoms with van der Waals surface area (Å²) in [5, 5.41) is 7.75. The first-order chi connectivity index (χ1) is 12.6. The lowest BCUT2D eigenvalue weighted by molar-refractivity contribution is 0.354. The lowest BCUT2D eigenvalue weighted by Crippen LogP contribution is -2.38. The maximum Gasteiger partial charge on any atom is 0.191 e. The molecule has 0 atom stereocenters. The maximum atomic E-state index is 5.37. The number of aromatic nitrogens is 1. The highest BCUT2D eigenvalue weighted by molar-refractivity contribution is 9.10. The monoisotopic (exact) mass is 440 g/mol. The molecule has 0 aliphatic heterocycles. The molecule has 0 unspecified atom stereocenters. The van der Waals surface area contributed by atoms with E-state index in [9.17, 15) is 0 Å². The second-order valence-electron chi connectivity index (χ2n) is 5.54. The van der Waals surface area contributed by atoms with Crippen molar-refractivity contribution in [2.75, 3.05) is 27.3 Å². The first-order valence-corrected chi connectivity index (χ1v) is 10.0. The highest BCUT2D eigenvalue weighted by Gasteiger charge is 2.09. The number of nitrogens with one attached hydrogen (secondary N) is 2. The van der Waals surface area contributed by atoms with Gasteiger partial charge in [0.05, 0.1) is 25.8 Å². The van der Waals surface area contributed by atoms with Crippen LogP contribution in [0.5, 0.6) is 11.5 Å². The number of rotatable bonds is 8. The molecular formula is C18H25BrN4O2S. The number of halogens is 1. The van der Waals surface area contributed by atoms with Gasteiger partial charge in [-0.2, -0.15) is 0 Å². The van der Waals surface area contributed by atoms with E-state index in [2.05, 4.69) is 43.5 Å². The summed E-state index contributed by atoms with van der Waals surface area (Å²) in [6, 6.07) is 3.84. The van der Waals surface area contributed by atoms with Crippen LogP contribution in [-0.4, -0.2) is 38.3 Å². The molecule has 0 radical (unpaired) electrons. The number of hydrogen-bond acceptors (Lipinski definition) is 5. The SMILES string of the molecule is CCNC(=NCc1cc(OC)c(OC)cc1Br)NCCc1ncc(C)s1. The number of methoxy groups -OCH3 is 2. The quantitative estimate of drug-likeness (QED) is 0.485. The normalized spacial score (nSPS) is 11.3. The van der Waals surface area contributed by atoms with E-state index >= 15 is 0 Å². The number of aliphatic imine (C=N–C) groups is 1. The molecule has 2 N–H and O–H groups in total. The van der Waals surface area contributed by atoms with Crippen molar-refractivity contribution in [2.24, 2.45) is 4.99 Å². The van der Waals surface area contributed by atoms with Gasteiger partial charge in [-0.3, -0.25) is 0 Å². The molecule has 142 valence electrons. The summed E-state index contributed by atoms with van der Waals surface area (Å²) in [5.74, 6) is 2.16. The van der Waals surface area contributed by atoms with Crippen molar-refractivity contribution < 1.29 is 9.47 Å². The molecule has 2 aromatic rings. The molecule has 1 heterocycles. The second-order valence-corrected chi connectivity index (χ2v) is 7.71. The Morgan fingerprint density at radius 2 is 1.96 bits per heavy atom. The average molecular weight is 441 g/mol. The summed E-state index contributed by atoms with van der Waals surface area (Å²) in [7, 11) is 3.25. The van der Waals surface area contributed by atoms with E-state index in [4.69, 9.17) is 9.47 Å². The fourth-order valence-electron chi connectivity index (χ4n) is 2.33. The van der Waals surface area contributed by atoms with Gasteiger partial charge in [-0.25, -0.2) is 9.98 Å². The van der Waals surface area contributed by atoms with Crippen LogP contribution in [-0.2, 0) is 13.0 Å². The van der Waals surface area contributed by atoms with Gasteiger partial charge >= 0.3 is 0 Å². The number of nitrogens with zero attached hydrogens (tertiary/aromatic N) is 2. The first-order valence-electron chi connectivity index (χ1n) is 8.41. The van der Waals surface area contributed by atoms with Crippen LogP contribution in [0.4, 0.5) is 0 Å². The molecule has 0 saturated heterocycles. The van der Waals surface area contributed by atoms with Crippen LogP contribution in [0.25, 0.3) is 0 Å². The van der Waals surface area contributed by atoms with Gasteiger partial charge in [0.2, 0.25) is 0 Å². The Balaban J connectivity index is 2.01. The van der Waals surface area contributed by atoms with Crippen molar-refractivity contribution >= 4 is 33.2 Å². The summed E-state index contributed by atoms with van der Waals surface area (Å²) in [6.45, 7) is 6.22. The Bertz CT molecular complexity index is 749. The number of hydrogen-bond donors (Lipinski definition) is 2. The van der Waals surface area contributed by atoms with Crippen LogP contribution in [0.15, 0.2) is 27.8 Å². The van der Waals surface area contributed by atoms with E-state index in [0.717, 1.165) is 40.5 Å². The van der Waals surface area contributed by atoms with Crippen LogP contribution in [0.1, 0.15) is 22.4 Å². The number of benzene rings is 1. The molecule has 6 nitrogen and oxygen atoms in total. The maximum absolute atomic E-state index is 5.37. The highest BCUT2D eigenvalue weighted by atomic mass is 79.9. The number of ether oxygens (including phenoxy) is 2. The minimum Gasteiger partial charge on any atom is -0.493 e. The van der Waals surface area contributed by atoms with Crippen molar-refractivity contribution in [3.05, 3.63) is 38.3 Å². The molecule has 26 heavy (non-hydrogen) atoms. The zero-order valence-corrected chi connectivity index (χ0v) is 18.0. The van der Waals surface area contributed by atoms with E-state index in [1.54, 1.807) is 25.6 Å². The summed E-state index contributed by atoms with van der Waals surface area (Å²) in [5.41, 5.74) is 1.02. The number of thiazole rings is 1. The average Bonchev–Trinajstić information content (AvgIpc) is 3.05. The molecule has 0 saturated carbocycles. The molecule has 0 aliphatic carbocycles. The summed E-state index contributed by atoms with van der Waals surface area (Å²) >= 11 is 5.30. The Hall–Kier alpha value is -1.80. The van der Waals surface area contributed by atoms with Crippen LogP contribution >= 0.6 is 27.3 Å². The topological polar surface area (TPSA) is 67.8 Å². The van der Waals surface area contributed by atoms with Crippen LogP contribution in [0, 0.1) is 6.92 Å². The molecule has 0 aliphatic rings. The third-order valence-corrected chi connectivity index (χ3v) is 5.32. The van der Waals surface area contributed by atoms with Crippen LogP contribution < -0.4 is 20.1 Å². The highest BCUT2D eigenvalue weighted by Crippen LogP contribution is 2.33. The van der Waals surface area contributed by atoms with E-state index in [1.807, 2.05) is 25.3 Å². The van der Waals surface area contributed by atoms with E-state index in [1.165, 1.54) is 4.88 Å². The molecule has 0 bridgehead atoms. The Kier molecular flexibility index (Phi) is 8.18. The number of aryl methyl sites for hydroxylation is 1. The first kappa shape index (κ1) is 20.5. The molecule has 8 heteroatoms. The minimum absolute atomic E-state index is 0.520. The van der Waals surface area contributed by atoms with Gasteiger partial charge in [0.25, 0.3) is 0 Å². The standard InChI is InChI=1S/C18H25BrN4O2S/c1-5-20-18(21-7-6-17-22-10-12(2)26-17)23-11-13-8-15(24-3)16(25-4)9-14(13)19/h8-10H,5-7,11H2,1-4H3,(H2,20,21,23). The van der Waals surface area contributed by atoms with E-state index in [-0.39, 0.29) is 0 Å². The van der Waals surface area contributed by atoms with Gasteiger partial charge in [-0.15, -0.1) is 11.3 Å². The molecule has 1 aromatic carbocycles. The van der Waals surface area contributed by atoms with Gasteiger partial charge in [0.1, 0.15) is 0 Å². The second kappa shape index (κ2) is 10.4. The van der Waals surface area contributed by atoms with Gasteiger partial charge in [-0.05, 0) is 31.5 Å². The summed E-state index contributed by atoms with van der Waals surface area (Å²) in [6.07, 6.45) is 2.79. The minimum atomic E-state index is 0.520. The van der Waals surface area contributed by atoms with Crippen LogP contribution in [0.3, 0.4) is 0 Å². The van der Waals surface area contributed by atoms with Crippen molar-refractivity contribution in [1.82, 2.24) is 15.6 Å². The zero-order chi connectivity index (χ0) is 18.9. The lowest BCUT2D eigenvalue weighted by atomic mass is 10.2. The number of guanidine groups is 1. The van der Waals surface area contributed by atoms with Gasteiger partial charge < -0.3 is 20.1 Å². The van der Waals surface area contributed by atoms with Crippen molar-refractivity contribution in [1.29, 1.82) is 0 Å². The molecule has 0 fully saturated rings.